The molecule has 0 amide bonds. The van der Waals surface area contributed by atoms with Gasteiger partial charge in [-0.2, -0.15) is 0 Å². The molecule has 0 aliphatic heterocycles. The molecule has 21 heavy (non-hydrogen) atoms. The van der Waals surface area contributed by atoms with Crippen LogP contribution >= 0.6 is 0 Å². The van der Waals surface area contributed by atoms with Crippen molar-refractivity contribution in [1.82, 2.24) is 5.32 Å². The van der Waals surface area contributed by atoms with Crippen LogP contribution < -0.4 is 5.32 Å². The first-order valence-corrected chi connectivity index (χ1v) is 7.34. The third kappa shape index (κ3) is 3.52. The van der Waals surface area contributed by atoms with Crippen molar-refractivity contribution in [3.05, 3.63) is 53.7 Å². The molecule has 1 N–H and O–H groups in total. The summed E-state index contributed by atoms with van der Waals surface area (Å²) < 4.78 is 0. The topological polar surface area (TPSA) is 24.4 Å². The normalized spacial score (nSPS) is 13.1. The Morgan fingerprint density at radius 2 is 1.81 bits per heavy atom. The number of aryl methyl sites for hydroxylation is 1. The second-order valence-corrected chi connectivity index (χ2v) is 6.31. The number of allylic oxidation sites excluding steroid dienone is 2. The second kappa shape index (κ2) is 6.13. The summed E-state index contributed by atoms with van der Waals surface area (Å²) in [6.45, 7) is 8.66. The van der Waals surface area contributed by atoms with Gasteiger partial charge in [-0.1, -0.05) is 57.2 Å². The maximum atomic E-state index is 4.69. The van der Waals surface area contributed by atoms with Gasteiger partial charge in [0, 0.05) is 29.8 Å². The Bertz CT molecular complexity index is 688. The average molecular weight is 280 g/mol. The van der Waals surface area contributed by atoms with Gasteiger partial charge in [-0.25, -0.2) is 0 Å². The van der Waals surface area contributed by atoms with E-state index in [9.17, 15) is 0 Å². The molecule has 0 saturated carbocycles. The molecular formula is C19H24N2. The van der Waals surface area contributed by atoms with E-state index in [4.69, 9.17) is 4.99 Å². The molecule has 0 aliphatic carbocycles. The summed E-state index contributed by atoms with van der Waals surface area (Å²) in [5, 5.41) is 5.67. The van der Waals surface area contributed by atoms with E-state index in [1.54, 1.807) is 0 Å². The van der Waals surface area contributed by atoms with Crippen molar-refractivity contribution in [2.75, 3.05) is 7.05 Å². The van der Waals surface area contributed by atoms with Crippen molar-refractivity contribution in [1.29, 1.82) is 0 Å². The van der Waals surface area contributed by atoms with Gasteiger partial charge in [-0.3, -0.25) is 4.99 Å². The number of aliphatic imine (C=N–C) groups is 1. The first-order chi connectivity index (χ1) is 9.93. The van der Waals surface area contributed by atoms with E-state index in [0.29, 0.717) is 0 Å². The second-order valence-electron chi connectivity index (χ2n) is 6.31. The van der Waals surface area contributed by atoms with Crippen molar-refractivity contribution in [2.24, 2.45) is 10.4 Å². The number of fused-ring (bicyclic) bond motifs is 1. The first-order valence-electron chi connectivity index (χ1n) is 7.34. The molecule has 2 nitrogen and oxygen atoms in total. The molecule has 0 spiro atoms. The number of benzene rings is 2. The molecule has 0 unspecified atom stereocenters. The maximum absolute atomic E-state index is 4.69. The molecule has 0 radical (unpaired) electrons. The third-order valence-corrected chi connectivity index (χ3v) is 3.62. The van der Waals surface area contributed by atoms with Crippen LogP contribution in [-0.2, 0) is 0 Å². The number of nitrogens with zero attached hydrogens (tertiary/aromatic N) is 1. The zero-order valence-electron chi connectivity index (χ0n) is 13.6. The van der Waals surface area contributed by atoms with E-state index < -0.39 is 0 Å². The molecule has 0 fully saturated rings. The Balaban J connectivity index is 2.42. The van der Waals surface area contributed by atoms with E-state index in [2.05, 4.69) is 75.5 Å². The summed E-state index contributed by atoms with van der Waals surface area (Å²) in [5.74, 6) is 0. The number of nitrogens with one attached hydrogen (secondary N) is 1. The first kappa shape index (κ1) is 15.3. The fourth-order valence-electron chi connectivity index (χ4n) is 2.43. The quantitative estimate of drug-likeness (QED) is 0.786. The van der Waals surface area contributed by atoms with E-state index >= 15 is 0 Å². The summed E-state index contributed by atoms with van der Waals surface area (Å²) in [6.07, 6.45) is 3.95. The van der Waals surface area contributed by atoms with Gasteiger partial charge >= 0.3 is 0 Å². The Morgan fingerprint density at radius 1 is 1.10 bits per heavy atom. The lowest BCUT2D eigenvalue weighted by molar-refractivity contribution is 0.474. The van der Waals surface area contributed by atoms with Crippen molar-refractivity contribution in [3.8, 4) is 0 Å². The molecule has 0 atom stereocenters. The smallest absolute Gasteiger partial charge is 0.0737 e. The Labute approximate surface area is 127 Å². The minimum Gasteiger partial charge on any atom is -0.391 e. The summed E-state index contributed by atoms with van der Waals surface area (Å²) >= 11 is 0. The summed E-state index contributed by atoms with van der Waals surface area (Å²) in [5.41, 5.74) is 3.51. The van der Waals surface area contributed by atoms with Crippen molar-refractivity contribution >= 4 is 22.7 Å². The molecule has 2 heteroatoms. The van der Waals surface area contributed by atoms with Crippen LogP contribution in [0.2, 0.25) is 0 Å². The van der Waals surface area contributed by atoms with Crippen LogP contribution in [0.5, 0.6) is 0 Å². The SMILES string of the molecule is CN/C(=C\C=Nc1c(C)ccc2ccccc12)C(C)(C)C. The number of hydrogen-bond donors (Lipinski definition) is 1. The third-order valence-electron chi connectivity index (χ3n) is 3.62. The Hall–Kier alpha value is -2.09. The van der Waals surface area contributed by atoms with Crippen LogP contribution in [0, 0.1) is 12.3 Å². The van der Waals surface area contributed by atoms with Crippen LogP contribution in [0.1, 0.15) is 26.3 Å². The van der Waals surface area contributed by atoms with E-state index in [-0.39, 0.29) is 5.41 Å². The van der Waals surface area contributed by atoms with Crippen LogP contribution in [0.3, 0.4) is 0 Å². The molecule has 2 aromatic rings. The number of hydrogen-bond acceptors (Lipinski definition) is 2. The van der Waals surface area contributed by atoms with Gasteiger partial charge in [0.25, 0.3) is 0 Å². The highest BCUT2D eigenvalue weighted by Crippen LogP contribution is 2.29. The maximum Gasteiger partial charge on any atom is 0.0737 e. The van der Waals surface area contributed by atoms with Gasteiger partial charge < -0.3 is 5.32 Å². The summed E-state index contributed by atoms with van der Waals surface area (Å²) in [4.78, 5) is 4.69. The van der Waals surface area contributed by atoms with Crippen molar-refractivity contribution in [3.63, 3.8) is 0 Å². The molecule has 0 aliphatic rings. The predicted molar refractivity (Wildman–Crippen MR) is 93.4 cm³/mol. The highest BCUT2D eigenvalue weighted by Gasteiger charge is 2.14. The molecule has 110 valence electrons. The zero-order chi connectivity index (χ0) is 15.5. The van der Waals surface area contributed by atoms with Gasteiger partial charge in [-0.15, -0.1) is 0 Å². The zero-order valence-corrected chi connectivity index (χ0v) is 13.6. The van der Waals surface area contributed by atoms with Gasteiger partial charge in [0.2, 0.25) is 0 Å². The van der Waals surface area contributed by atoms with Crippen molar-refractivity contribution < 1.29 is 0 Å². The van der Waals surface area contributed by atoms with Gasteiger partial charge in [0.15, 0.2) is 0 Å². The summed E-state index contributed by atoms with van der Waals surface area (Å²) in [7, 11) is 1.95. The lowest BCUT2D eigenvalue weighted by Gasteiger charge is -2.22. The predicted octanol–water partition coefficient (Wildman–Crippen LogP) is 5.00. The standard InChI is InChI=1S/C19H24N2/c1-14-10-11-15-8-6-7-9-16(15)18(14)21-13-12-17(20-5)19(2,3)4/h6-13,20H,1-5H3/b17-12-,21-13?. The minimum atomic E-state index is 0.0918. The lowest BCUT2D eigenvalue weighted by atomic mass is 9.92. The van der Waals surface area contributed by atoms with Gasteiger partial charge in [0.05, 0.1) is 5.69 Å². The van der Waals surface area contributed by atoms with Gasteiger partial charge in [-0.05, 0) is 23.9 Å². The molecule has 2 aromatic carbocycles. The van der Waals surface area contributed by atoms with E-state index in [0.717, 1.165) is 5.69 Å². The molecule has 0 heterocycles. The van der Waals surface area contributed by atoms with Gasteiger partial charge in [0.1, 0.15) is 0 Å². The fourth-order valence-corrected chi connectivity index (χ4v) is 2.43. The minimum absolute atomic E-state index is 0.0918. The average Bonchev–Trinajstić information content (AvgIpc) is 2.44. The molecule has 2 rings (SSSR count). The van der Waals surface area contributed by atoms with Crippen LogP contribution in [0.25, 0.3) is 10.8 Å². The van der Waals surface area contributed by atoms with E-state index in [1.807, 2.05) is 13.3 Å². The Morgan fingerprint density at radius 3 is 2.48 bits per heavy atom. The summed E-state index contributed by atoms with van der Waals surface area (Å²) in [6, 6.07) is 12.6. The Kier molecular flexibility index (Phi) is 4.46. The molecular weight excluding hydrogens is 256 g/mol. The van der Waals surface area contributed by atoms with Crippen LogP contribution in [0.4, 0.5) is 5.69 Å². The highest BCUT2D eigenvalue weighted by molar-refractivity contribution is 5.95. The largest absolute Gasteiger partial charge is 0.391 e. The van der Waals surface area contributed by atoms with Crippen LogP contribution in [0.15, 0.2) is 53.2 Å². The fraction of sp³-hybridized carbons (Fsp3) is 0.316. The highest BCUT2D eigenvalue weighted by atomic mass is 14.9. The monoisotopic (exact) mass is 280 g/mol. The molecule has 0 bridgehead atoms. The van der Waals surface area contributed by atoms with Crippen molar-refractivity contribution in [2.45, 2.75) is 27.7 Å². The molecule has 0 saturated heterocycles. The number of rotatable bonds is 3. The van der Waals surface area contributed by atoms with Crippen LogP contribution in [-0.4, -0.2) is 13.3 Å². The molecule has 0 aromatic heterocycles. The lowest BCUT2D eigenvalue weighted by Crippen LogP contribution is -2.21. The van der Waals surface area contributed by atoms with E-state index in [1.165, 1.54) is 22.0 Å².